The summed E-state index contributed by atoms with van der Waals surface area (Å²) in [6.07, 6.45) is 4.63. The second kappa shape index (κ2) is 9.16. The number of hydrogen-bond donors (Lipinski definition) is 0. The largest absolute Gasteiger partial charge is 0.497 e. The van der Waals surface area contributed by atoms with Crippen LogP contribution in [0.25, 0.3) is 11.1 Å². The molecule has 0 radical (unpaired) electrons. The van der Waals surface area contributed by atoms with E-state index in [-0.39, 0.29) is 35.5 Å². The van der Waals surface area contributed by atoms with Gasteiger partial charge in [-0.25, -0.2) is 0 Å². The van der Waals surface area contributed by atoms with Crippen molar-refractivity contribution in [2.45, 2.75) is 50.9 Å². The van der Waals surface area contributed by atoms with E-state index in [1.54, 1.807) is 7.11 Å². The number of piperidine rings is 1. The van der Waals surface area contributed by atoms with Crippen LogP contribution in [0.15, 0.2) is 48.5 Å². The van der Waals surface area contributed by atoms with Gasteiger partial charge in [0.15, 0.2) is 5.78 Å². The van der Waals surface area contributed by atoms with Crippen LogP contribution in [-0.2, 0) is 20.9 Å². The number of fused-ring (bicyclic) bond motifs is 2. The van der Waals surface area contributed by atoms with Crippen LogP contribution in [0.3, 0.4) is 0 Å². The van der Waals surface area contributed by atoms with Crippen LogP contribution >= 0.6 is 0 Å². The van der Waals surface area contributed by atoms with Crippen molar-refractivity contribution in [3.63, 3.8) is 0 Å². The Labute approximate surface area is 189 Å². The molecule has 5 heteroatoms. The molecule has 1 unspecified atom stereocenters. The summed E-state index contributed by atoms with van der Waals surface area (Å²) < 4.78 is 11.6. The molecule has 1 heterocycles. The first kappa shape index (κ1) is 21.4. The molecule has 32 heavy (non-hydrogen) atoms. The summed E-state index contributed by atoms with van der Waals surface area (Å²) in [5.74, 6) is 0.457. The van der Waals surface area contributed by atoms with Gasteiger partial charge in [-0.3, -0.25) is 14.5 Å². The predicted octanol–water partition coefficient (Wildman–Crippen LogP) is 4.28. The van der Waals surface area contributed by atoms with E-state index in [9.17, 15) is 9.59 Å². The minimum Gasteiger partial charge on any atom is -0.497 e. The molecule has 0 aromatic heterocycles. The van der Waals surface area contributed by atoms with Crippen molar-refractivity contribution in [1.82, 2.24) is 4.90 Å². The Morgan fingerprint density at radius 1 is 0.906 bits per heavy atom. The number of carbonyl (C=O) groups is 2. The summed E-state index contributed by atoms with van der Waals surface area (Å²) in [4.78, 5) is 27.4. The molecule has 1 aliphatic heterocycles. The molecule has 0 N–H and O–H groups in total. The molecule has 168 valence electrons. The van der Waals surface area contributed by atoms with Crippen LogP contribution in [0.1, 0.15) is 37.7 Å². The van der Waals surface area contributed by atoms with Crippen LogP contribution in [0.2, 0.25) is 0 Å². The fraction of sp³-hybridized carbons (Fsp3) is 0.481. The molecule has 2 saturated carbocycles. The fourth-order valence-corrected chi connectivity index (χ4v) is 5.83. The fourth-order valence-electron chi connectivity index (χ4n) is 5.83. The van der Waals surface area contributed by atoms with Crippen LogP contribution in [0.4, 0.5) is 0 Å². The van der Waals surface area contributed by atoms with Gasteiger partial charge >= 0.3 is 0 Å². The number of likely N-dealkylation sites (tertiary alicyclic amines) is 1. The molecule has 1 saturated heterocycles. The van der Waals surface area contributed by atoms with Gasteiger partial charge in [0.25, 0.3) is 0 Å². The van der Waals surface area contributed by atoms with Crippen molar-refractivity contribution in [3.05, 3.63) is 54.1 Å². The summed E-state index contributed by atoms with van der Waals surface area (Å²) in [6.45, 7) is 2.59. The first-order valence-corrected chi connectivity index (χ1v) is 11.8. The number of methoxy groups -OCH3 is 1. The average Bonchev–Trinajstić information content (AvgIpc) is 3.15. The Morgan fingerprint density at radius 2 is 1.56 bits per heavy atom. The lowest BCUT2D eigenvalue weighted by Gasteiger charge is -2.40. The van der Waals surface area contributed by atoms with Crippen molar-refractivity contribution in [1.29, 1.82) is 0 Å². The van der Waals surface area contributed by atoms with Gasteiger partial charge in [0.1, 0.15) is 5.75 Å². The second-order valence-corrected chi connectivity index (χ2v) is 9.36. The van der Waals surface area contributed by atoms with Gasteiger partial charge in [0.2, 0.25) is 5.78 Å². The summed E-state index contributed by atoms with van der Waals surface area (Å²) in [7, 11) is 1.67. The Balaban J connectivity index is 1.25. The molecule has 2 bridgehead atoms. The number of Topliss-reactive ketones (excluding diaryl/α,β-unsaturated/α-hetero) is 2. The van der Waals surface area contributed by atoms with Crippen LogP contribution < -0.4 is 4.74 Å². The van der Waals surface area contributed by atoms with Gasteiger partial charge in [-0.2, -0.15) is 0 Å². The number of carbonyl (C=O) groups excluding carboxylic acids is 2. The zero-order valence-electron chi connectivity index (χ0n) is 18.7. The van der Waals surface area contributed by atoms with Gasteiger partial charge in [-0.05, 0) is 61.2 Å². The standard InChI is InChI=1S/C27H31NO4/c1-31-21-11-9-20(10-12-21)19-7-5-18(6-8-19)17-32-25-16-23-26(28-13-3-2-4-14-28)22(25)15-24(29)27(23)30/h5-12,22-23,25-26H,2-4,13-17H2,1H3/t22-,23+,25-,26?/m1/s1. The minimum absolute atomic E-state index is 0.0245. The van der Waals surface area contributed by atoms with Crippen LogP contribution in [-0.4, -0.2) is 48.8 Å². The maximum absolute atomic E-state index is 12.6. The molecule has 3 fully saturated rings. The Bertz CT molecular complexity index is 962. The van der Waals surface area contributed by atoms with Gasteiger partial charge < -0.3 is 9.47 Å². The highest BCUT2D eigenvalue weighted by atomic mass is 16.5. The number of hydrogen-bond acceptors (Lipinski definition) is 5. The van der Waals surface area contributed by atoms with Crippen molar-refractivity contribution in [2.75, 3.05) is 20.2 Å². The van der Waals surface area contributed by atoms with E-state index < -0.39 is 0 Å². The van der Waals surface area contributed by atoms with Crippen molar-refractivity contribution in [2.24, 2.45) is 11.8 Å². The quantitative estimate of drug-likeness (QED) is 0.637. The maximum Gasteiger partial charge on any atom is 0.203 e. The zero-order valence-corrected chi connectivity index (χ0v) is 18.7. The lowest BCUT2D eigenvalue weighted by atomic mass is 9.80. The summed E-state index contributed by atoms with van der Waals surface area (Å²) in [5, 5.41) is 0. The number of nitrogens with zero attached hydrogens (tertiary/aromatic N) is 1. The van der Waals surface area contributed by atoms with Crippen LogP contribution in [0.5, 0.6) is 5.75 Å². The first-order valence-electron chi connectivity index (χ1n) is 11.8. The third-order valence-electron chi connectivity index (χ3n) is 7.50. The monoisotopic (exact) mass is 433 g/mol. The molecular weight excluding hydrogens is 402 g/mol. The van der Waals surface area contributed by atoms with Crippen molar-refractivity contribution in [3.8, 4) is 16.9 Å². The molecule has 5 rings (SSSR count). The molecule has 0 amide bonds. The molecule has 0 spiro atoms. The zero-order chi connectivity index (χ0) is 22.1. The van der Waals surface area contributed by atoms with E-state index in [4.69, 9.17) is 9.47 Å². The van der Waals surface area contributed by atoms with Crippen molar-refractivity contribution >= 4 is 11.6 Å². The predicted molar refractivity (Wildman–Crippen MR) is 122 cm³/mol. The highest BCUT2D eigenvalue weighted by molar-refractivity contribution is 6.39. The number of ketones is 2. The smallest absolute Gasteiger partial charge is 0.203 e. The van der Waals surface area contributed by atoms with E-state index in [0.717, 1.165) is 35.5 Å². The minimum atomic E-state index is -0.191. The third-order valence-corrected chi connectivity index (χ3v) is 7.50. The van der Waals surface area contributed by atoms with Crippen molar-refractivity contribution < 1.29 is 19.1 Å². The molecule has 2 aromatic carbocycles. The molecular formula is C27H31NO4. The molecule has 2 aliphatic carbocycles. The topological polar surface area (TPSA) is 55.8 Å². The number of benzene rings is 2. The SMILES string of the molecule is COc1ccc(-c2ccc(CO[C@@H]3C[C@@H]4C(=O)C(=O)C[C@H]3C4N3CCCCC3)cc2)cc1. The Morgan fingerprint density at radius 3 is 2.22 bits per heavy atom. The van der Waals surface area contributed by atoms with E-state index in [2.05, 4.69) is 41.3 Å². The summed E-state index contributed by atoms with van der Waals surface area (Å²) in [5.41, 5.74) is 3.40. The summed E-state index contributed by atoms with van der Waals surface area (Å²) >= 11 is 0. The third kappa shape index (κ3) is 4.12. The van der Waals surface area contributed by atoms with Gasteiger partial charge in [0, 0.05) is 24.3 Å². The molecule has 4 atom stereocenters. The highest BCUT2D eigenvalue weighted by Gasteiger charge is 2.55. The van der Waals surface area contributed by atoms with Gasteiger partial charge in [0.05, 0.1) is 19.8 Å². The van der Waals surface area contributed by atoms with E-state index in [0.29, 0.717) is 19.4 Å². The maximum atomic E-state index is 12.6. The van der Waals surface area contributed by atoms with Crippen LogP contribution in [0, 0.1) is 11.8 Å². The van der Waals surface area contributed by atoms with E-state index in [1.807, 2.05) is 12.1 Å². The average molecular weight is 434 g/mol. The number of rotatable bonds is 6. The summed E-state index contributed by atoms with van der Waals surface area (Å²) in [6, 6.07) is 16.6. The second-order valence-electron chi connectivity index (χ2n) is 9.36. The molecule has 5 nitrogen and oxygen atoms in total. The normalized spacial score (nSPS) is 28.2. The first-order chi connectivity index (χ1) is 15.6. The lowest BCUT2D eigenvalue weighted by molar-refractivity contribution is -0.143. The van der Waals surface area contributed by atoms with E-state index >= 15 is 0 Å². The van der Waals surface area contributed by atoms with E-state index in [1.165, 1.54) is 19.3 Å². The molecule has 3 aliphatic rings. The van der Waals surface area contributed by atoms with Gasteiger partial charge in [-0.1, -0.05) is 42.8 Å². The Kier molecular flexibility index (Phi) is 6.11. The number of ether oxygens (including phenoxy) is 2. The highest BCUT2D eigenvalue weighted by Crippen LogP contribution is 2.44. The Hall–Kier alpha value is -2.50. The van der Waals surface area contributed by atoms with Gasteiger partial charge in [-0.15, -0.1) is 0 Å². The lowest BCUT2D eigenvalue weighted by Crippen LogP contribution is -2.52. The molecule has 2 aromatic rings.